The molecule has 282 valence electrons. The molecule has 0 spiro atoms. The molecule has 47 heavy (non-hydrogen) atoms. The smallest absolute Gasteiger partial charge is 0.305 e. The van der Waals surface area contributed by atoms with Crippen LogP contribution in [-0.2, 0) is 9.53 Å². The number of carbonyl (C=O) groups excluding carboxylic acids is 1. The molecule has 0 atom stereocenters. The monoisotopic (exact) mass is 685 g/mol. The van der Waals surface area contributed by atoms with E-state index in [4.69, 9.17) is 4.74 Å². The second-order valence-corrected chi connectivity index (χ2v) is 14.2. The summed E-state index contributed by atoms with van der Waals surface area (Å²) in [6, 6.07) is 0. The van der Waals surface area contributed by atoms with Gasteiger partial charge in [-0.25, -0.2) is 0 Å². The lowest BCUT2D eigenvalue weighted by atomic mass is 10.0. The van der Waals surface area contributed by atoms with Gasteiger partial charge in [0.1, 0.15) is 13.1 Å². The molecule has 0 saturated carbocycles. The highest BCUT2D eigenvalue weighted by Gasteiger charge is 2.18. The lowest BCUT2D eigenvalue weighted by molar-refractivity contribution is -0.515. The molecule has 1 rings (SSSR count). The van der Waals surface area contributed by atoms with Gasteiger partial charge in [-0.1, -0.05) is 194 Å². The molecule has 0 fully saturated rings. The first-order valence-electron chi connectivity index (χ1n) is 21.2. The van der Waals surface area contributed by atoms with Crippen molar-refractivity contribution >= 4 is 11.8 Å². The van der Waals surface area contributed by atoms with E-state index in [0.717, 1.165) is 13.0 Å². The number of halogens is 1. The van der Waals surface area contributed by atoms with Crippen molar-refractivity contribution in [3.63, 3.8) is 0 Å². The van der Waals surface area contributed by atoms with Gasteiger partial charge in [0.05, 0.1) is 13.2 Å². The Kier molecular flexibility index (Phi) is 42.6. The molecule has 0 amide bonds. The minimum Gasteiger partial charge on any atom is -1.00 e. The van der Waals surface area contributed by atoms with Gasteiger partial charge in [0, 0.05) is 12.8 Å². The Hall–Kier alpha value is -0.770. The van der Waals surface area contributed by atoms with Crippen molar-refractivity contribution in [2.24, 2.45) is 0 Å². The zero-order chi connectivity index (χ0) is 33.6. The molecule has 0 bridgehead atoms. The Morgan fingerprint density at radius 2 is 0.872 bits per heavy atom. The highest BCUT2D eigenvalue weighted by Crippen LogP contribution is 2.15. The minimum absolute atomic E-state index is 0. The SMILES string of the molecule is CCCCCCCCCCCCCCCCCC(=O)OCC.CCCCCCCCCCCCCCCCCC1=[N+](CC)CCN1.[Cl-]. The molecule has 0 aliphatic carbocycles. The van der Waals surface area contributed by atoms with Crippen molar-refractivity contribution in [3.8, 4) is 0 Å². The number of nitrogens with one attached hydrogen (secondary N) is 1. The third-order valence-electron chi connectivity index (χ3n) is 9.78. The maximum Gasteiger partial charge on any atom is 0.305 e. The molecule has 1 N–H and O–H groups in total. The number of ether oxygens (including phenoxy) is 1. The van der Waals surface area contributed by atoms with E-state index in [-0.39, 0.29) is 18.4 Å². The molecule has 0 aromatic heterocycles. The lowest BCUT2D eigenvalue weighted by Crippen LogP contribution is -3.00. The molecule has 1 aliphatic rings. The van der Waals surface area contributed by atoms with Gasteiger partial charge in [-0.2, -0.15) is 0 Å². The Morgan fingerprint density at radius 3 is 1.21 bits per heavy atom. The highest BCUT2D eigenvalue weighted by molar-refractivity contribution is 5.78. The van der Waals surface area contributed by atoms with Crippen LogP contribution in [-0.4, -0.2) is 42.6 Å². The first-order chi connectivity index (χ1) is 22.7. The minimum atomic E-state index is -0.0304. The van der Waals surface area contributed by atoms with Crippen molar-refractivity contribution in [1.29, 1.82) is 0 Å². The number of nitrogens with zero attached hydrogens (tertiary/aromatic N) is 1. The molecule has 0 saturated heterocycles. The van der Waals surface area contributed by atoms with E-state index in [1.54, 1.807) is 0 Å². The van der Waals surface area contributed by atoms with Crippen LogP contribution >= 0.6 is 0 Å². The number of amidine groups is 1. The summed E-state index contributed by atoms with van der Waals surface area (Å²) in [7, 11) is 0. The fraction of sp³-hybridized carbons (Fsp3) is 0.952. The van der Waals surface area contributed by atoms with Gasteiger partial charge in [0.2, 0.25) is 5.84 Å². The van der Waals surface area contributed by atoms with E-state index in [1.807, 2.05) is 6.92 Å². The predicted molar refractivity (Wildman–Crippen MR) is 204 cm³/mol. The average molecular weight is 686 g/mol. The van der Waals surface area contributed by atoms with E-state index in [2.05, 4.69) is 30.7 Å². The van der Waals surface area contributed by atoms with Gasteiger partial charge < -0.3 is 17.1 Å². The summed E-state index contributed by atoms with van der Waals surface area (Å²) in [5.41, 5.74) is 0. The fourth-order valence-electron chi connectivity index (χ4n) is 6.71. The average Bonchev–Trinajstić information content (AvgIpc) is 3.52. The maximum atomic E-state index is 11.2. The summed E-state index contributed by atoms with van der Waals surface area (Å²) in [6.45, 7) is 12.8. The molecule has 1 aliphatic heterocycles. The molecule has 1 heterocycles. The van der Waals surface area contributed by atoms with Gasteiger partial charge in [-0.15, -0.1) is 0 Å². The quantitative estimate of drug-likeness (QED) is 0.0417. The Balaban J connectivity index is 0. The predicted octanol–water partition coefficient (Wildman–Crippen LogP) is 10.1. The normalized spacial score (nSPS) is 12.4. The molecule has 4 nitrogen and oxygen atoms in total. The second kappa shape index (κ2) is 41.4. The first-order valence-corrected chi connectivity index (χ1v) is 21.2. The van der Waals surface area contributed by atoms with Crippen LogP contribution in [0.4, 0.5) is 0 Å². The Morgan fingerprint density at radius 1 is 0.532 bits per heavy atom. The van der Waals surface area contributed by atoms with E-state index >= 15 is 0 Å². The zero-order valence-electron chi connectivity index (χ0n) is 32.6. The number of likely N-dealkylation sites (N-methyl/N-ethyl adjacent to an activating group) is 1. The van der Waals surface area contributed by atoms with Gasteiger partial charge >= 0.3 is 5.97 Å². The highest BCUT2D eigenvalue weighted by atomic mass is 35.5. The summed E-state index contributed by atoms with van der Waals surface area (Å²) < 4.78 is 7.43. The Bertz CT molecular complexity index is 655. The summed E-state index contributed by atoms with van der Waals surface area (Å²) in [4.78, 5) is 11.2. The molecular weight excluding hydrogens is 600 g/mol. The van der Waals surface area contributed by atoms with E-state index < -0.39 is 0 Å². The van der Waals surface area contributed by atoms with E-state index in [9.17, 15) is 4.79 Å². The van der Waals surface area contributed by atoms with Gasteiger partial charge in [0.25, 0.3) is 0 Å². The van der Waals surface area contributed by atoms with Gasteiger partial charge in [0.15, 0.2) is 0 Å². The van der Waals surface area contributed by atoms with Crippen molar-refractivity contribution in [2.45, 2.75) is 233 Å². The number of unbranched alkanes of at least 4 members (excludes halogenated alkanes) is 28. The Labute approximate surface area is 302 Å². The standard InChI is InChI=1S/C22H44N2.C20H40O2.ClH/c1-3-5-6-7-8-9-10-11-12-13-14-15-16-17-18-19-22-23-20-21-24(22)4-2;1-3-5-6-7-8-9-10-11-12-13-14-15-16-17-18-19-20(21)22-4-2;/h3-21H2,1-2H3;3-19H2,1-2H3;1H. The van der Waals surface area contributed by atoms with Crippen LogP contribution in [0.3, 0.4) is 0 Å². The van der Waals surface area contributed by atoms with Crippen LogP contribution in [0.5, 0.6) is 0 Å². The number of rotatable bonds is 34. The number of hydrogen-bond donors (Lipinski definition) is 1. The first kappa shape index (κ1) is 48.3. The van der Waals surface area contributed by atoms with Crippen LogP contribution in [0.2, 0.25) is 0 Å². The third kappa shape index (κ3) is 36.3. The fourth-order valence-corrected chi connectivity index (χ4v) is 6.71. The van der Waals surface area contributed by atoms with Crippen molar-refractivity contribution in [1.82, 2.24) is 5.32 Å². The third-order valence-corrected chi connectivity index (χ3v) is 9.78. The summed E-state index contributed by atoms with van der Waals surface area (Å²) in [5.74, 6) is 1.48. The number of carbonyl (C=O) groups is 1. The van der Waals surface area contributed by atoms with Crippen LogP contribution in [0.15, 0.2) is 0 Å². The molecule has 0 aromatic rings. The van der Waals surface area contributed by atoms with Crippen LogP contribution in [0, 0.1) is 0 Å². The summed E-state index contributed by atoms with van der Waals surface area (Å²) >= 11 is 0. The van der Waals surface area contributed by atoms with Crippen molar-refractivity contribution in [3.05, 3.63) is 0 Å². The largest absolute Gasteiger partial charge is 1.00 e. The molecule has 5 heteroatoms. The second-order valence-electron chi connectivity index (χ2n) is 14.2. The van der Waals surface area contributed by atoms with Gasteiger partial charge in [-0.3, -0.25) is 14.7 Å². The van der Waals surface area contributed by atoms with Crippen LogP contribution in [0.1, 0.15) is 233 Å². The number of hydrogen-bond acceptors (Lipinski definition) is 3. The topological polar surface area (TPSA) is 41.3 Å². The van der Waals surface area contributed by atoms with Crippen molar-refractivity contribution in [2.75, 3.05) is 26.2 Å². The zero-order valence-corrected chi connectivity index (χ0v) is 33.4. The molecule has 0 unspecified atom stereocenters. The molecule has 0 aromatic carbocycles. The van der Waals surface area contributed by atoms with Crippen LogP contribution < -0.4 is 17.7 Å². The number of esters is 1. The van der Waals surface area contributed by atoms with Crippen LogP contribution in [0.25, 0.3) is 0 Å². The molecular formula is C42H85ClN2O2. The maximum absolute atomic E-state index is 11.2. The lowest BCUT2D eigenvalue weighted by Gasteiger charge is -2.04. The molecule has 0 radical (unpaired) electrons. The summed E-state index contributed by atoms with van der Waals surface area (Å²) in [6.07, 6.45) is 44.0. The van der Waals surface area contributed by atoms with Crippen molar-refractivity contribution < 1.29 is 26.5 Å². The summed E-state index contributed by atoms with van der Waals surface area (Å²) in [5, 5.41) is 3.55. The van der Waals surface area contributed by atoms with E-state index in [1.165, 1.54) is 212 Å². The van der Waals surface area contributed by atoms with Gasteiger partial charge in [-0.05, 0) is 26.7 Å². The van der Waals surface area contributed by atoms with E-state index in [0.29, 0.717) is 13.0 Å².